The summed E-state index contributed by atoms with van der Waals surface area (Å²) in [6.07, 6.45) is 6.37. The number of benzene rings is 2. The summed E-state index contributed by atoms with van der Waals surface area (Å²) in [6.45, 7) is 14.6. The van der Waals surface area contributed by atoms with Crippen LogP contribution in [0.2, 0.25) is 6.04 Å². The van der Waals surface area contributed by atoms with Crippen LogP contribution >= 0.6 is 0 Å². The monoisotopic (exact) mass is 588 g/mol. The Kier molecular flexibility index (Phi) is 15.2. The lowest BCUT2D eigenvalue weighted by Gasteiger charge is -2.40. The van der Waals surface area contributed by atoms with Crippen molar-refractivity contribution in [2.24, 2.45) is 5.41 Å². The van der Waals surface area contributed by atoms with Gasteiger partial charge in [0.15, 0.2) is 0 Å². The van der Waals surface area contributed by atoms with Gasteiger partial charge in [-0.05, 0) is 88.3 Å². The van der Waals surface area contributed by atoms with Gasteiger partial charge in [0, 0.05) is 39.1 Å². The van der Waals surface area contributed by atoms with Crippen molar-refractivity contribution >= 4 is 8.80 Å². The minimum Gasteiger partial charge on any atom is -0.494 e. The SMILES string of the molecule is CCO[Si](CCCOCCCCCCOc1ccc(-c2ccc(OCC3(CC)COC3)cc2)cc1)(OCC)OCC. The van der Waals surface area contributed by atoms with Gasteiger partial charge >= 0.3 is 8.80 Å². The highest BCUT2D eigenvalue weighted by molar-refractivity contribution is 6.60. The molecule has 1 fully saturated rings. The van der Waals surface area contributed by atoms with Gasteiger partial charge in [-0.25, -0.2) is 0 Å². The smallest absolute Gasteiger partial charge is 0.494 e. The Balaban J connectivity index is 1.23. The van der Waals surface area contributed by atoms with Crippen LogP contribution in [-0.2, 0) is 22.8 Å². The molecule has 8 heteroatoms. The van der Waals surface area contributed by atoms with Gasteiger partial charge in [0.25, 0.3) is 0 Å². The maximum absolute atomic E-state index is 6.03. The van der Waals surface area contributed by atoms with E-state index in [0.717, 1.165) is 82.5 Å². The van der Waals surface area contributed by atoms with Crippen molar-refractivity contribution < 1.29 is 32.2 Å². The molecule has 41 heavy (non-hydrogen) atoms. The maximum atomic E-state index is 6.03. The first kappa shape index (κ1) is 33.6. The lowest BCUT2D eigenvalue weighted by atomic mass is 9.84. The van der Waals surface area contributed by atoms with Gasteiger partial charge in [0.2, 0.25) is 0 Å². The number of rotatable bonds is 23. The number of hydrogen-bond acceptors (Lipinski definition) is 7. The van der Waals surface area contributed by atoms with E-state index in [0.29, 0.717) is 33.0 Å². The second-order valence-electron chi connectivity index (χ2n) is 10.6. The molecule has 0 aliphatic carbocycles. The normalized spacial score (nSPS) is 14.5. The molecule has 2 aromatic rings. The van der Waals surface area contributed by atoms with Gasteiger partial charge in [-0.2, -0.15) is 0 Å². The summed E-state index contributed by atoms with van der Waals surface area (Å²) in [5, 5.41) is 0. The predicted molar refractivity (Wildman–Crippen MR) is 166 cm³/mol. The van der Waals surface area contributed by atoms with Gasteiger partial charge in [0.1, 0.15) is 11.5 Å². The zero-order chi connectivity index (χ0) is 29.2. The van der Waals surface area contributed by atoms with E-state index in [4.69, 9.17) is 32.2 Å². The standard InChI is InChI=1S/C33H52O7Si/c1-5-33(26-35-27-33)28-37-32-20-16-30(17-21-32)29-14-18-31(19-15-29)36-24-12-10-9-11-22-34-23-13-25-41(38-6-2,39-7-3)40-8-4/h14-21H,5-13,22-28H2,1-4H3. The zero-order valence-electron chi connectivity index (χ0n) is 25.8. The Morgan fingerprint density at radius 1 is 0.634 bits per heavy atom. The maximum Gasteiger partial charge on any atom is 0.501 e. The van der Waals surface area contributed by atoms with Crippen molar-refractivity contribution in [3.63, 3.8) is 0 Å². The summed E-state index contributed by atoms with van der Waals surface area (Å²) in [5.74, 6) is 1.82. The lowest BCUT2D eigenvalue weighted by molar-refractivity contribution is -0.133. The molecule has 7 nitrogen and oxygen atoms in total. The van der Waals surface area contributed by atoms with Gasteiger partial charge in [-0.3, -0.25) is 0 Å². The first-order valence-electron chi connectivity index (χ1n) is 15.6. The Hall–Kier alpha value is -1.94. The van der Waals surface area contributed by atoms with Gasteiger partial charge in [-0.15, -0.1) is 0 Å². The Bertz CT molecular complexity index is 925. The summed E-state index contributed by atoms with van der Waals surface area (Å²) in [7, 11) is -2.55. The van der Waals surface area contributed by atoms with E-state index in [9.17, 15) is 0 Å². The zero-order valence-corrected chi connectivity index (χ0v) is 26.8. The molecule has 0 spiro atoms. The minimum atomic E-state index is -2.55. The van der Waals surface area contributed by atoms with E-state index < -0.39 is 8.80 Å². The largest absolute Gasteiger partial charge is 0.501 e. The van der Waals surface area contributed by atoms with Crippen LogP contribution in [0.4, 0.5) is 0 Å². The van der Waals surface area contributed by atoms with E-state index in [-0.39, 0.29) is 5.41 Å². The second-order valence-corrected chi connectivity index (χ2v) is 13.4. The molecule has 0 aromatic heterocycles. The van der Waals surface area contributed by atoms with Crippen molar-refractivity contribution in [1.29, 1.82) is 0 Å². The molecular weight excluding hydrogens is 536 g/mol. The van der Waals surface area contributed by atoms with Crippen LogP contribution in [0.15, 0.2) is 48.5 Å². The molecule has 0 bridgehead atoms. The highest BCUT2D eigenvalue weighted by Crippen LogP contribution is 2.32. The van der Waals surface area contributed by atoms with Crippen LogP contribution in [0.3, 0.4) is 0 Å². The molecule has 2 aromatic carbocycles. The van der Waals surface area contributed by atoms with E-state index in [1.165, 1.54) is 11.1 Å². The van der Waals surface area contributed by atoms with Crippen LogP contribution in [0.1, 0.15) is 66.2 Å². The van der Waals surface area contributed by atoms with Crippen molar-refractivity contribution in [3.05, 3.63) is 48.5 Å². The van der Waals surface area contributed by atoms with Crippen molar-refractivity contribution in [3.8, 4) is 22.6 Å². The van der Waals surface area contributed by atoms with E-state index >= 15 is 0 Å². The summed E-state index contributed by atoms with van der Waals surface area (Å²) < 4.78 is 40.9. The van der Waals surface area contributed by atoms with Gasteiger partial charge in [-0.1, -0.05) is 37.6 Å². The van der Waals surface area contributed by atoms with Crippen molar-refractivity contribution in [2.75, 3.05) is 59.5 Å². The highest BCUT2D eigenvalue weighted by Gasteiger charge is 2.39. The fraction of sp³-hybridized carbons (Fsp3) is 0.636. The summed E-state index contributed by atoms with van der Waals surface area (Å²) >= 11 is 0. The lowest BCUT2D eigenvalue weighted by Crippen LogP contribution is -2.46. The van der Waals surface area contributed by atoms with Gasteiger partial charge in [0.05, 0.1) is 31.8 Å². The van der Waals surface area contributed by atoms with Crippen LogP contribution in [0.5, 0.6) is 11.5 Å². The molecule has 0 N–H and O–H groups in total. The molecule has 0 amide bonds. The molecule has 230 valence electrons. The molecule has 0 saturated carbocycles. The molecule has 3 rings (SSSR count). The first-order chi connectivity index (χ1) is 20.1. The molecule has 0 unspecified atom stereocenters. The third-order valence-electron chi connectivity index (χ3n) is 7.47. The topological polar surface area (TPSA) is 64.6 Å². The third-order valence-corrected chi connectivity index (χ3v) is 10.6. The quantitative estimate of drug-likeness (QED) is 0.0981. The first-order valence-corrected chi connectivity index (χ1v) is 17.5. The van der Waals surface area contributed by atoms with Crippen LogP contribution < -0.4 is 9.47 Å². The number of hydrogen-bond donors (Lipinski definition) is 0. The van der Waals surface area contributed by atoms with E-state index in [1.54, 1.807) is 0 Å². The second kappa shape index (κ2) is 18.6. The molecule has 1 heterocycles. The fourth-order valence-corrected chi connectivity index (χ4v) is 7.43. The predicted octanol–water partition coefficient (Wildman–Crippen LogP) is 7.55. The molecular formula is C33H52O7Si. The molecule has 0 radical (unpaired) electrons. The van der Waals surface area contributed by atoms with E-state index in [1.807, 2.05) is 32.9 Å². The van der Waals surface area contributed by atoms with Gasteiger partial charge < -0.3 is 32.2 Å². The molecule has 0 atom stereocenters. The third kappa shape index (κ3) is 11.3. The van der Waals surface area contributed by atoms with E-state index in [2.05, 4.69) is 43.3 Å². The Morgan fingerprint density at radius 3 is 1.63 bits per heavy atom. The van der Waals surface area contributed by atoms with Crippen LogP contribution in [0, 0.1) is 5.41 Å². The number of unbranched alkanes of at least 4 members (excludes halogenated alkanes) is 3. The summed E-state index contributed by atoms with van der Waals surface area (Å²) in [6, 6.07) is 17.5. The Labute approximate surface area is 249 Å². The molecule has 1 aliphatic rings. The van der Waals surface area contributed by atoms with Crippen LogP contribution in [0.25, 0.3) is 11.1 Å². The molecule has 1 aliphatic heterocycles. The summed E-state index contributed by atoms with van der Waals surface area (Å²) in [4.78, 5) is 0. The Morgan fingerprint density at radius 2 is 1.15 bits per heavy atom. The highest BCUT2D eigenvalue weighted by atomic mass is 28.4. The van der Waals surface area contributed by atoms with Crippen molar-refractivity contribution in [1.82, 2.24) is 0 Å². The minimum absolute atomic E-state index is 0.192. The summed E-state index contributed by atoms with van der Waals surface area (Å²) in [5.41, 5.74) is 2.53. The average Bonchev–Trinajstić information content (AvgIpc) is 2.97. The van der Waals surface area contributed by atoms with Crippen LogP contribution in [-0.4, -0.2) is 68.3 Å². The average molecular weight is 589 g/mol. The molecule has 1 saturated heterocycles. The fourth-order valence-electron chi connectivity index (χ4n) is 4.85. The van der Waals surface area contributed by atoms with Crippen molar-refractivity contribution in [2.45, 2.75) is 72.3 Å². The number of ether oxygens (including phenoxy) is 4.